The van der Waals surface area contributed by atoms with Gasteiger partial charge in [0.1, 0.15) is 7.05 Å². The van der Waals surface area contributed by atoms with Crippen molar-refractivity contribution in [2.75, 3.05) is 31.6 Å². The van der Waals surface area contributed by atoms with E-state index in [0.29, 0.717) is 35.7 Å². The van der Waals surface area contributed by atoms with Crippen molar-refractivity contribution in [3.05, 3.63) is 108 Å². The molecule has 11 nitrogen and oxygen atoms in total. The molecule has 1 amide bonds. The van der Waals surface area contributed by atoms with Gasteiger partial charge in [0.15, 0.2) is 11.4 Å². The molecule has 0 aromatic heterocycles. The number of carbonyl (C=O) groups excluding carboxylic acids is 1. The third kappa shape index (κ3) is 11.5. The number of carbonyl (C=O) groups is 1. The van der Waals surface area contributed by atoms with E-state index in [2.05, 4.69) is 66.4 Å². The molecule has 2 aliphatic rings. The van der Waals surface area contributed by atoms with Crippen molar-refractivity contribution >= 4 is 64.8 Å². The van der Waals surface area contributed by atoms with Crippen LogP contribution in [0.1, 0.15) is 90.2 Å². The molecule has 2 aliphatic heterocycles. The van der Waals surface area contributed by atoms with Gasteiger partial charge < -0.3 is 25.1 Å². The maximum atomic E-state index is 12.5. The minimum atomic E-state index is -4.73. The van der Waals surface area contributed by atoms with Crippen LogP contribution in [0, 0.1) is 12.1 Å². The topological polar surface area (TPSA) is 177 Å². The van der Waals surface area contributed by atoms with E-state index in [0.717, 1.165) is 90.8 Å². The number of rotatable bonds is 17. The zero-order valence-corrected chi connectivity index (χ0v) is 44.4. The van der Waals surface area contributed by atoms with Crippen molar-refractivity contribution < 1.29 is 144 Å². The van der Waals surface area contributed by atoms with Crippen molar-refractivity contribution in [1.82, 2.24) is 5.32 Å². The third-order valence-electron chi connectivity index (χ3n) is 11.7. The Morgan fingerprint density at radius 3 is 2.25 bits per heavy atom. The standard InChI is InChI=1S/C46H55N4O7S2.2K/c1-45(2)40(49(5)37-26-23-32-22-24-33(58(52,53)54)31-36(32)44(37)45)19-10-8-11-20-41-46(3,4)43-35-17-16-18-39(59(55,56)57)34(35)25-27-38(43)50(41)30-15-9-12-21-42(51)48-29-14-7-6-13-28-47;;/h8,10-11,17-20,23-27,31H,6-7,9,12-15,21,28-30,47H2,1-5H3,(H,48,51)(H,52,53,54)(H,55,56,57);;/q-1;2*+1/p-1. The van der Waals surface area contributed by atoms with Gasteiger partial charge in [0.2, 0.25) is 5.91 Å². The van der Waals surface area contributed by atoms with Gasteiger partial charge in [-0.3, -0.25) is 13.2 Å². The minimum Gasteiger partial charge on any atom is -0.754 e. The SMILES string of the molecule is C[N+]1=C(/C=C/C=C/C=C2/N(CCCCCC(=O)NCCCCCC[NH3+])c3ccc4c(S(=O)(=O)[O-])c[c-]cc4c3C2(C)C)C(C)(C)c2c1ccc1[c-]cc(S(=O)(=O)[O-])cc21.[K+].[K+]. The molecule has 314 valence electrons. The van der Waals surface area contributed by atoms with Crippen LogP contribution in [0.5, 0.6) is 0 Å². The summed E-state index contributed by atoms with van der Waals surface area (Å²) in [4.78, 5) is 14.1. The number of amides is 1. The van der Waals surface area contributed by atoms with Crippen LogP contribution in [0.15, 0.2) is 94.4 Å². The summed E-state index contributed by atoms with van der Waals surface area (Å²) >= 11 is 0. The van der Waals surface area contributed by atoms with E-state index in [1.807, 2.05) is 49.6 Å². The second kappa shape index (κ2) is 21.7. The van der Waals surface area contributed by atoms with Gasteiger partial charge in [-0.15, -0.1) is 40.4 Å². The molecular formula is C46H54K2N4O7S2. The Hall–Kier alpha value is -1.39. The van der Waals surface area contributed by atoms with Gasteiger partial charge in [0.05, 0.1) is 32.2 Å². The van der Waals surface area contributed by atoms with Crippen LogP contribution in [0.25, 0.3) is 21.5 Å². The Morgan fingerprint density at radius 2 is 1.54 bits per heavy atom. The fourth-order valence-corrected chi connectivity index (χ4v) is 9.96. The number of anilines is 1. The molecule has 0 radical (unpaired) electrons. The molecule has 0 atom stereocenters. The number of quaternary nitrogens is 1. The summed E-state index contributed by atoms with van der Waals surface area (Å²) in [6.07, 6.45) is 17.2. The Bertz CT molecular complexity index is 2640. The number of nitrogens with one attached hydrogen (secondary N) is 1. The van der Waals surface area contributed by atoms with E-state index in [9.17, 15) is 30.7 Å². The summed E-state index contributed by atoms with van der Waals surface area (Å²) in [5, 5.41) is 5.47. The predicted octanol–water partition coefficient (Wildman–Crippen LogP) is 0.689. The summed E-state index contributed by atoms with van der Waals surface area (Å²) < 4.78 is 74.5. The fraction of sp³-hybridized carbons (Fsp3) is 0.391. The van der Waals surface area contributed by atoms with Gasteiger partial charge in [-0.25, -0.2) is 8.42 Å². The molecule has 0 unspecified atom stereocenters. The van der Waals surface area contributed by atoms with Gasteiger partial charge in [-0.2, -0.15) is 22.8 Å². The summed E-state index contributed by atoms with van der Waals surface area (Å²) in [5.74, 6) is 0.0744. The summed E-state index contributed by atoms with van der Waals surface area (Å²) in [6, 6.07) is 19.0. The fourth-order valence-electron chi connectivity index (χ4n) is 8.83. The van der Waals surface area contributed by atoms with E-state index in [-0.39, 0.29) is 118 Å². The van der Waals surface area contributed by atoms with Gasteiger partial charge >= 0.3 is 103 Å². The number of hydrogen-bond donors (Lipinski definition) is 2. The zero-order valence-electron chi connectivity index (χ0n) is 36.6. The molecule has 61 heavy (non-hydrogen) atoms. The van der Waals surface area contributed by atoms with Crippen molar-refractivity contribution in [2.45, 2.75) is 99.7 Å². The van der Waals surface area contributed by atoms with E-state index >= 15 is 0 Å². The minimum absolute atomic E-state index is 0. The number of benzene rings is 4. The first kappa shape index (κ1) is 52.2. The molecular weight excluding hydrogens is 863 g/mol. The van der Waals surface area contributed by atoms with Crippen molar-refractivity contribution in [3.63, 3.8) is 0 Å². The van der Waals surface area contributed by atoms with E-state index in [1.54, 1.807) is 12.1 Å². The van der Waals surface area contributed by atoms with Crippen molar-refractivity contribution in [2.24, 2.45) is 0 Å². The van der Waals surface area contributed by atoms with Crippen LogP contribution in [0.4, 0.5) is 11.4 Å². The predicted molar refractivity (Wildman–Crippen MR) is 230 cm³/mol. The average molecular weight is 917 g/mol. The number of fused-ring (bicyclic) bond motifs is 6. The van der Waals surface area contributed by atoms with Crippen molar-refractivity contribution in [1.29, 1.82) is 0 Å². The first-order valence-corrected chi connectivity index (χ1v) is 23.1. The molecule has 4 aromatic carbocycles. The second-order valence-electron chi connectivity index (χ2n) is 16.5. The Kier molecular flexibility index (Phi) is 18.6. The first-order valence-electron chi connectivity index (χ1n) is 20.3. The van der Waals surface area contributed by atoms with Gasteiger partial charge in [-0.1, -0.05) is 61.9 Å². The molecule has 4 N–H and O–H groups in total. The molecule has 0 fully saturated rings. The average Bonchev–Trinajstić information content (AvgIpc) is 3.52. The smallest absolute Gasteiger partial charge is 0.754 e. The van der Waals surface area contributed by atoms with Crippen LogP contribution in [0.3, 0.4) is 0 Å². The number of unbranched alkanes of at least 4 members (excludes halogenated alkanes) is 5. The van der Waals surface area contributed by atoms with E-state index < -0.39 is 31.1 Å². The molecule has 0 saturated carbocycles. The quantitative estimate of drug-likeness (QED) is 0.0389. The van der Waals surface area contributed by atoms with Crippen LogP contribution in [0.2, 0.25) is 0 Å². The first-order chi connectivity index (χ1) is 27.9. The summed E-state index contributed by atoms with van der Waals surface area (Å²) in [6.45, 7) is 10.6. The number of nitrogens with zero attached hydrogens (tertiary/aromatic N) is 2. The van der Waals surface area contributed by atoms with E-state index in [1.165, 1.54) is 18.2 Å². The molecule has 2 heterocycles. The Morgan fingerprint density at radius 1 is 0.820 bits per heavy atom. The van der Waals surface area contributed by atoms with Crippen LogP contribution < -0.4 is 119 Å². The number of allylic oxidation sites excluding steroid dienone is 6. The third-order valence-corrected chi connectivity index (χ3v) is 13.4. The van der Waals surface area contributed by atoms with Crippen molar-refractivity contribution in [3.8, 4) is 0 Å². The molecule has 0 aliphatic carbocycles. The molecule has 6 rings (SSSR count). The zero-order chi connectivity index (χ0) is 42.8. The van der Waals surface area contributed by atoms with Crippen LogP contribution >= 0.6 is 0 Å². The number of hydrogen-bond acceptors (Lipinski definition) is 8. The van der Waals surface area contributed by atoms with Gasteiger partial charge in [0.25, 0.3) is 0 Å². The molecule has 15 heteroatoms. The second-order valence-corrected chi connectivity index (χ2v) is 19.2. The van der Waals surface area contributed by atoms with Gasteiger partial charge in [-0.05, 0) is 74.0 Å². The maximum Gasteiger partial charge on any atom is 1.00 e. The maximum absolute atomic E-state index is 12.5. The largest absolute Gasteiger partial charge is 1.00 e. The monoisotopic (exact) mass is 916 g/mol. The molecule has 4 aromatic rings. The van der Waals surface area contributed by atoms with Crippen LogP contribution in [-0.4, -0.2) is 68.8 Å². The molecule has 0 spiro atoms. The molecule has 0 bridgehead atoms. The Balaban J connectivity index is 0.00000410. The normalized spacial score (nSPS) is 16.4. The summed E-state index contributed by atoms with van der Waals surface area (Å²) in [7, 11) is -7.43. The van der Waals surface area contributed by atoms with Crippen LogP contribution in [-0.2, 0) is 35.9 Å². The van der Waals surface area contributed by atoms with E-state index in [4.69, 9.17) is 0 Å². The molecule has 0 saturated heterocycles. The Labute approximate surface area is 446 Å². The summed E-state index contributed by atoms with van der Waals surface area (Å²) in [5.41, 5.74) is 8.43. The van der Waals surface area contributed by atoms with Gasteiger partial charge in [0, 0.05) is 47.9 Å².